The number of fused-ring (bicyclic) bond motifs is 3. The molecule has 0 spiro atoms. The van der Waals surface area contributed by atoms with E-state index in [4.69, 9.17) is 0 Å². The van der Waals surface area contributed by atoms with Crippen molar-refractivity contribution in [3.05, 3.63) is 52.0 Å². The Bertz CT molecular complexity index is 1330. The molecule has 7 nitrogen and oxygen atoms in total. The van der Waals surface area contributed by atoms with Crippen molar-refractivity contribution in [2.24, 2.45) is 0 Å². The number of anilines is 2. The first-order valence-corrected chi connectivity index (χ1v) is 14.5. The van der Waals surface area contributed by atoms with Gasteiger partial charge < -0.3 is 25.8 Å². The van der Waals surface area contributed by atoms with Gasteiger partial charge in [-0.3, -0.25) is 4.79 Å². The third kappa shape index (κ3) is 4.87. The number of aromatic nitrogens is 1. The van der Waals surface area contributed by atoms with E-state index >= 15 is 4.39 Å². The molecule has 202 valence electrons. The number of pyridine rings is 1. The topological polar surface area (TPSA) is 72.5 Å². The second kappa shape index (κ2) is 10.4. The van der Waals surface area contributed by atoms with Gasteiger partial charge in [-0.1, -0.05) is 12.1 Å². The van der Waals surface area contributed by atoms with Crippen LogP contribution in [0.4, 0.5) is 15.8 Å². The number of nitrogens with one attached hydrogen (secondary N) is 3. The van der Waals surface area contributed by atoms with E-state index in [0.717, 1.165) is 52.4 Å². The highest BCUT2D eigenvalue weighted by Crippen LogP contribution is 2.38. The maximum Gasteiger partial charge on any atom is 0.263 e. The first-order chi connectivity index (χ1) is 18.4. The predicted molar refractivity (Wildman–Crippen MR) is 154 cm³/mol. The Hall–Kier alpha value is -2.75. The molecule has 5 heterocycles. The molecule has 0 aliphatic carbocycles. The van der Waals surface area contributed by atoms with E-state index in [1.54, 1.807) is 0 Å². The summed E-state index contributed by atoms with van der Waals surface area (Å²) in [5.74, 6) is -0.214. The number of nitrogens with zero attached hydrogens (tertiary/aromatic N) is 3. The second-order valence-electron chi connectivity index (χ2n) is 11.1. The molecule has 6 rings (SSSR count). The summed E-state index contributed by atoms with van der Waals surface area (Å²) < 4.78 is 15.2. The molecule has 0 saturated carbocycles. The van der Waals surface area contributed by atoms with Gasteiger partial charge in [0.1, 0.15) is 15.9 Å². The standard InChI is InChI=1S/C29H37FN6OS/c1-17-4-8-21-26(31-2)27(38-29(21)33-17)28(37)32-11-10-18-5-9-25(36-13-19-6-7-20(14-36)34-19)22(12-18)23-15-35(3)16-24(23)30/h4-5,8-9,12,19-20,23-24,31,34H,6-7,10-11,13-16H2,1-3H3,(H,32,37). The Morgan fingerprint density at radius 1 is 1.16 bits per heavy atom. The van der Waals surface area contributed by atoms with Gasteiger partial charge in [-0.25, -0.2) is 9.37 Å². The van der Waals surface area contributed by atoms with Gasteiger partial charge in [-0.15, -0.1) is 11.3 Å². The Kier molecular flexibility index (Phi) is 7.01. The maximum absolute atomic E-state index is 15.2. The number of hydrogen-bond donors (Lipinski definition) is 3. The quantitative estimate of drug-likeness (QED) is 0.425. The summed E-state index contributed by atoms with van der Waals surface area (Å²) in [5, 5.41) is 11.0. The van der Waals surface area contributed by atoms with E-state index in [1.165, 1.54) is 29.9 Å². The molecule has 3 aliphatic heterocycles. The van der Waals surface area contributed by atoms with E-state index < -0.39 is 6.17 Å². The minimum Gasteiger partial charge on any atom is -0.386 e. The summed E-state index contributed by atoms with van der Waals surface area (Å²) in [6, 6.07) is 11.6. The number of halogens is 1. The molecule has 3 fully saturated rings. The minimum atomic E-state index is -0.862. The number of alkyl halides is 1. The Labute approximate surface area is 227 Å². The number of amides is 1. The summed E-state index contributed by atoms with van der Waals surface area (Å²) in [6.45, 7) is 5.65. The molecule has 3 aromatic rings. The summed E-state index contributed by atoms with van der Waals surface area (Å²) in [5.41, 5.74) is 5.20. The van der Waals surface area contributed by atoms with Crippen LogP contribution in [0.2, 0.25) is 0 Å². The number of piperazine rings is 1. The fraction of sp³-hybridized carbons (Fsp3) is 0.517. The highest BCUT2D eigenvalue weighted by atomic mass is 32.1. The lowest BCUT2D eigenvalue weighted by atomic mass is 9.92. The van der Waals surface area contributed by atoms with Gasteiger partial charge in [0.25, 0.3) is 5.91 Å². The molecule has 2 aromatic heterocycles. The average Bonchev–Trinajstić information content (AvgIpc) is 3.56. The second-order valence-corrected chi connectivity index (χ2v) is 12.1. The number of aryl methyl sites for hydroxylation is 1. The van der Waals surface area contributed by atoms with Crippen molar-refractivity contribution in [3.8, 4) is 0 Å². The summed E-state index contributed by atoms with van der Waals surface area (Å²) in [7, 11) is 3.84. The zero-order valence-corrected chi connectivity index (χ0v) is 23.2. The van der Waals surface area contributed by atoms with Crippen LogP contribution >= 0.6 is 11.3 Å². The van der Waals surface area contributed by atoms with Gasteiger partial charge in [0.2, 0.25) is 0 Å². The minimum absolute atomic E-state index is 0.0932. The lowest BCUT2D eigenvalue weighted by Gasteiger charge is -2.37. The number of carbonyl (C=O) groups is 1. The largest absolute Gasteiger partial charge is 0.386 e. The fourth-order valence-corrected chi connectivity index (χ4v) is 7.60. The van der Waals surface area contributed by atoms with Crippen LogP contribution in [0.15, 0.2) is 30.3 Å². The third-order valence-corrected chi connectivity index (χ3v) is 9.43. The van der Waals surface area contributed by atoms with E-state index in [1.807, 2.05) is 33.2 Å². The Morgan fingerprint density at radius 2 is 1.95 bits per heavy atom. The Balaban J connectivity index is 1.19. The van der Waals surface area contributed by atoms with Crippen molar-refractivity contribution in [3.63, 3.8) is 0 Å². The van der Waals surface area contributed by atoms with Crippen molar-refractivity contribution in [1.82, 2.24) is 20.5 Å². The molecular formula is C29H37FN6OS. The van der Waals surface area contributed by atoms with Crippen LogP contribution in [0, 0.1) is 6.92 Å². The predicted octanol–water partition coefficient (Wildman–Crippen LogP) is 3.93. The summed E-state index contributed by atoms with van der Waals surface area (Å²) in [6.07, 6.45) is 2.27. The number of benzene rings is 1. The van der Waals surface area contributed by atoms with Crippen molar-refractivity contribution < 1.29 is 9.18 Å². The highest BCUT2D eigenvalue weighted by molar-refractivity contribution is 7.21. The van der Waals surface area contributed by atoms with Crippen molar-refractivity contribution in [1.29, 1.82) is 0 Å². The molecule has 3 saturated heterocycles. The number of likely N-dealkylation sites (N-methyl/N-ethyl adjacent to an activating group) is 1. The molecule has 3 N–H and O–H groups in total. The third-order valence-electron chi connectivity index (χ3n) is 8.33. The summed E-state index contributed by atoms with van der Waals surface area (Å²) in [4.78, 5) is 23.8. The van der Waals surface area contributed by atoms with Gasteiger partial charge in [0.05, 0.1) is 5.69 Å². The normalized spacial score (nSPS) is 25.3. The molecule has 1 aromatic carbocycles. The molecule has 4 atom stereocenters. The monoisotopic (exact) mass is 536 g/mol. The van der Waals surface area contributed by atoms with Crippen molar-refractivity contribution >= 4 is 38.8 Å². The van der Waals surface area contributed by atoms with Crippen LogP contribution in [0.3, 0.4) is 0 Å². The van der Waals surface area contributed by atoms with Gasteiger partial charge in [-0.05, 0) is 62.6 Å². The van der Waals surface area contributed by atoms with Crippen LogP contribution in [0.1, 0.15) is 45.3 Å². The zero-order valence-electron chi connectivity index (χ0n) is 22.4. The van der Waals surface area contributed by atoms with Crippen LogP contribution in [-0.4, -0.2) is 80.9 Å². The van der Waals surface area contributed by atoms with Gasteiger partial charge in [-0.2, -0.15) is 0 Å². The number of rotatable bonds is 7. The van der Waals surface area contributed by atoms with Crippen LogP contribution in [0.5, 0.6) is 0 Å². The van der Waals surface area contributed by atoms with Crippen LogP contribution in [-0.2, 0) is 6.42 Å². The molecule has 38 heavy (non-hydrogen) atoms. The molecule has 3 aliphatic rings. The fourth-order valence-electron chi connectivity index (χ4n) is 6.46. The number of likely N-dealkylation sites (tertiary alicyclic amines) is 1. The molecule has 0 radical (unpaired) electrons. The first-order valence-electron chi connectivity index (χ1n) is 13.7. The lowest BCUT2D eigenvalue weighted by molar-refractivity contribution is 0.0959. The SMILES string of the molecule is CNc1c(C(=O)NCCc2ccc(N3CC4CCC(C3)N4)c(C3CN(C)CC3F)c2)sc2nc(C)ccc12. The maximum atomic E-state index is 15.2. The number of carbonyl (C=O) groups excluding carboxylic acids is 1. The van der Waals surface area contributed by atoms with Gasteiger partial charge in [0.15, 0.2) is 0 Å². The van der Waals surface area contributed by atoms with E-state index in [0.29, 0.717) is 36.5 Å². The van der Waals surface area contributed by atoms with E-state index in [-0.39, 0.29) is 11.8 Å². The number of hydrogen-bond acceptors (Lipinski definition) is 7. The smallest absolute Gasteiger partial charge is 0.263 e. The first kappa shape index (κ1) is 25.5. The molecule has 1 amide bonds. The van der Waals surface area contributed by atoms with Gasteiger partial charge >= 0.3 is 0 Å². The number of thiophene rings is 1. The van der Waals surface area contributed by atoms with E-state index in [2.05, 4.69) is 48.9 Å². The average molecular weight is 537 g/mol. The van der Waals surface area contributed by atoms with Crippen LogP contribution < -0.4 is 20.9 Å². The zero-order chi connectivity index (χ0) is 26.4. The van der Waals surface area contributed by atoms with E-state index in [9.17, 15) is 4.79 Å². The van der Waals surface area contributed by atoms with Crippen molar-refractivity contribution in [2.75, 3.05) is 57.0 Å². The molecular weight excluding hydrogens is 499 g/mol. The Morgan fingerprint density at radius 3 is 2.66 bits per heavy atom. The molecule has 2 bridgehead atoms. The molecule has 9 heteroatoms. The van der Waals surface area contributed by atoms with Crippen molar-refractivity contribution in [2.45, 2.75) is 50.4 Å². The molecule has 4 unspecified atom stereocenters. The van der Waals surface area contributed by atoms with Crippen LogP contribution in [0.25, 0.3) is 10.2 Å². The van der Waals surface area contributed by atoms with Gasteiger partial charge in [0, 0.05) is 74.5 Å². The summed E-state index contributed by atoms with van der Waals surface area (Å²) >= 11 is 1.42. The highest BCUT2D eigenvalue weighted by Gasteiger charge is 2.37. The lowest BCUT2D eigenvalue weighted by Crippen LogP contribution is -2.51.